The van der Waals surface area contributed by atoms with Gasteiger partial charge in [0.1, 0.15) is 22.9 Å². The van der Waals surface area contributed by atoms with Crippen LogP contribution in [0.5, 0.6) is 5.75 Å². The number of rotatable bonds is 7. The molecular formula is C18H23N3O4S2. The van der Waals surface area contributed by atoms with Gasteiger partial charge in [0.15, 0.2) is 0 Å². The lowest BCUT2D eigenvalue weighted by Crippen LogP contribution is -2.37. The number of carbonyl (C=O) groups is 1. The van der Waals surface area contributed by atoms with Crippen LogP contribution in [0.2, 0.25) is 0 Å². The summed E-state index contributed by atoms with van der Waals surface area (Å²) in [5.74, 6) is 1.96. The fourth-order valence-electron chi connectivity index (χ4n) is 2.65. The molecule has 1 amide bonds. The molecule has 27 heavy (non-hydrogen) atoms. The highest BCUT2D eigenvalue weighted by atomic mass is 32.2. The van der Waals surface area contributed by atoms with Crippen LogP contribution in [0.3, 0.4) is 0 Å². The van der Waals surface area contributed by atoms with Gasteiger partial charge in [-0.05, 0) is 25.1 Å². The Balaban J connectivity index is 1.51. The summed E-state index contributed by atoms with van der Waals surface area (Å²) in [6, 6.07) is 9.04. The van der Waals surface area contributed by atoms with Crippen LogP contribution in [0.4, 0.5) is 0 Å². The number of aromatic amines is 1. The summed E-state index contributed by atoms with van der Waals surface area (Å²) in [5, 5.41) is 2.72. The van der Waals surface area contributed by atoms with Crippen LogP contribution in [0.1, 0.15) is 16.1 Å². The molecule has 0 bridgehead atoms. The van der Waals surface area contributed by atoms with Crippen molar-refractivity contribution in [2.24, 2.45) is 0 Å². The Hall–Kier alpha value is -1.97. The van der Waals surface area contributed by atoms with Crippen LogP contribution < -0.4 is 10.1 Å². The van der Waals surface area contributed by atoms with Crippen molar-refractivity contribution in [3.8, 4) is 5.75 Å². The van der Waals surface area contributed by atoms with E-state index in [-0.39, 0.29) is 16.5 Å². The Labute approximate surface area is 163 Å². The maximum absolute atomic E-state index is 12.6. The first-order chi connectivity index (χ1) is 13.0. The molecule has 1 fully saturated rings. The van der Waals surface area contributed by atoms with E-state index in [1.165, 1.54) is 16.6 Å². The summed E-state index contributed by atoms with van der Waals surface area (Å²) in [6.07, 6.45) is 1.37. The molecule has 2 heterocycles. The van der Waals surface area contributed by atoms with Crippen molar-refractivity contribution in [2.75, 3.05) is 37.7 Å². The molecule has 0 spiro atoms. The Bertz CT molecular complexity index is 872. The number of carbonyl (C=O) groups excluding carboxylic acids is 1. The van der Waals surface area contributed by atoms with Crippen molar-refractivity contribution in [1.82, 2.24) is 14.6 Å². The predicted octanol–water partition coefficient (Wildman–Crippen LogP) is 1.87. The van der Waals surface area contributed by atoms with Gasteiger partial charge in [-0.2, -0.15) is 16.1 Å². The molecule has 2 aromatic rings. The number of hydrogen-bond donors (Lipinski definition) is 2. The molecular weight excluding hydrogens is 386 g/mol. The molecule has 1 aromatic carbocycles. The third-order valence-electron chi connectivity index (χ3n) is 4.19. The van der Waals surface area contributed by atoms with E-state index in [2.05, 4.69) is 10.3 Å². The molecule has 3 rings (SSSR count). The normalized spacial score (nSPS) is 15.4. The predicted molar refractivity (Wildman–Crippen MR) is 106 cm³/mol. The number of amides is 1. The highest BCUT2D eigenvalue weighted by molar-refractivity contribution is 7.99. The average Bonchev–Trinajstić information content (AvgIpc) is 3.18. The summed E-state index contributed by atoms with van der Waals surface area (Å²) in [6.45, 7) is 3.63. The van der Waals surface area contributed by atoms with E-state index in [0.29, 0.717) is 26.2 Å². The number of aromatic nitrogens is 1. The summed E-state index contributed by atoms with van der Waals surface area (Å²) in [4.78, 5) is 15.1. The van der Waals surface area contributed by atoms with E-state index >= 15 is 0 Å². The number of hydrogen-bond acceptors (Lipinski definition) is 5. The monoisotopic (exact) mass is 409 g/mol. The Morgan fingerprint density at radius 3 is 2.67 bits per heavy atom. The van der Waals surface area contributed by atoms with Gasteiger partial charge in [0.25, 0.3) is 5.91 Å². The minimum Gasteiger partial charge on any atom is -0.492 e. The second-order valence-electron chi connectivity index (χ2n) is 6.18. The lowest BCUT2D eigenvalue weighted by molar-refractivity contribution is 0.0942. The SMILES string of the molecule is Cc1ccc(OCCNC(=O)c2cc(S(=O)(=O)N3CCSCC3)c[nH]2)cc1. The average molecular weight is 410 g/mol. The highest BCUT2D eigenvalue weighted by Crippen LogP contribution is 2.20. The number of nitrogens with one attached hydrogen (secondary N) is 2. The standard InChI is InChI=1S/C18H23N3O4S2/c1-14-2-4-15(5-3-14)25-9-6-19-18(22)17-12-16(13-20-17)27(23,24)21-7-10-26-11-8-21/h2-5,12-13,20H,6-11H2,1H3,(H,19,22). The number of benzene rings is 1. The van der Waals surface area contributed by atoms with Crippen LogP contribution in [0.25, 0.3) is 0 Å². The fourth-order valence-corrected chi connectivity index (χ4v) is 5.22. The summed E-state index contributed by atoms with van der Waals surface area (Å²) >= 11 is 1.74. The van der Waals surface area contributed by atoms with Gasteiger partial charge in [-0.1, -0.05) is 17.7 Å². The first kappa shape index (κ1) is 19.8. The summed E-state index contributed by atoms with van der Waals surface area (Å²) in [5.41, 5.74) is 1.37. The minimum atomic E-state index is -3.56. The third kappa shape index (κ3) is 5.06. The molecule has 7 nitrogen and oxygen atoms in total. The second kappa shape index (κ2) is 8.81. The van der Waals surface area contributed by atoms with E-state index in [1.54, 1.807) is 11.8 Å². The highest BCUT2D eigenvalue weighted by Gasteiger charge is 2.27. The summed E-state index contributed by atoms with van der Waals surface area (Å²) < 4.78 is 32.2. The quantitative estimate of drug-likeness (QED) is 0.681. The summed E-state index contributed by atoms with van der Waals surface area (Å²) in [7, 11) is -3.56. The van der Waals surface area contributed by atoms with Gasteiger partial charge in [0.05, 0.1) is 6.54 Å². The zero-order chi connectivity index (χ0) is 19.3. The van der Waals surface area contributed by atoms with Crippen LogP contribution in [0.15, 0.2) is 41.4 Å². The largest absolute Gasteiger partial charge is 0.492 e. The molecule has 1 aliphatic heterocycles. The van der Waals surface area contributed by atoms with Crippen molar-refractivity contribution < 1.29 is 17.9 Å². The Morgan fingerprint density at radius 1 is 1.26 bits per heavy atom. The number of thioether (sulfide) groups is 1. The van der Waals surface area contributed by atoms with Gasteiger partial charge in [-0.15, -0.1) is 0 Å². The number of ether oxygens (including phenoxy) is 1. The van der Waals surface area contributed by atoms with Gasteiger partial charge in [0.2, 0.25) is 10.0 Å². The van der Waals surface area contributed by atoms with Crippen LogP contribution >= 0.6 is 11.8 Å². The number of H-pyrrole nitrogens is 1. The third-order valence-corrected chi connectivity index (χ3v) is 7.01. The molecule has 0 unspecified atom stereocenters. The smallest absolute Gasteiger partial charge is 0.267 e. The van der Waals surface area contributed by atoms with Crippen LogP contribution in [-0.2, 0) is 10.0 Å². The fraction of sp³-hybridized carbons (Fsp3) is 0.389. The van der Waals surface area contributed by atoms with Crippen LogP contribution in [-0.4, -0.2) is 61.4 Å². The molecule has 1 saturated heterocycles. The van der Waals surface area contributed by atoms with Gasteiger partial charge in [0, 0.05) is 30.8 Å². The van der Waals surface area contributed by atoms with Gasteiger partial charge in [-0.3, -0.25) is 4.79 Å². The van der Waals surface area contributed by atoms with E-state index in [9.17, 15) is 13.2 Å². The second-order valence-corrected chi connectivity index (χ2v) is 9.35. The van der Waals surface area contributed by atoms with Crippen molar-refractivity contribution in [2.45, 2.75) is 11.8 Å². The minimum absolute atomic E-state index is 0.121. The molecule has 0 aliphatic carbocycles. The van der Waals surface area contributed by atoms with E-state index in [0.717, 1.165) is 22.8 Å². The zero-order valence-corrected chi connectivity index (χ0v) is 16.7. The van der Waals surface area contributed by atoms with Gasteiger partial charge < -0.3 is 15.0 Å². The molecule has 1 aromatic heterocycles. The molecule has 0 radical (unpaired) electrons. The Morgan fingerprint density at radius 2 is 1.96 bits per heavy atom. The number of sulfonamides is 1. The molecule has 9 heteroatoms. The van der Waals surface area contributed by atoms with Crippen molar-refractivity contribution in [1.29, 1.82) is 0 Å². The van der Waals surface area contributed by atoms with Crippen molar-refractivity contribution >= 4 is 27.7 Å². The van der Waals surface area contributed by atoms with E-state index in [1.807, 2.05) is 31.2 Å². The first-order valence-electron chi connectivity index (χ1n) is 8.71. The maximum Gasteiger partial charge on any atom is 0.267 e. The van der Waals surface area contributed by atoms with Crippen LogP contribution in [0, 0.1) is 6.92 Å². The van der Waals surface area contributed by atoms with Gasteiger partial charge in [-0.25, -0.2) is 8.42 Å². The topological polar surface area (TPSA) is 91.5 Å². The van der Waals surface area contributed by atoms with E-state index in [4.69, 9.17) is 4.74 Å². The number of aryl methyl sites for hydroxylation is 1. The molecule has 0 atom stereocenters. The lowest BCUT2D eigenvalue weighted by atomic mass is 10.2. The molecule has 1 aliphatic rings. The van der Waals surface area contributed by atoms with Gasteiger partial charge >= 0.3 is 0 Å². The first-order valence-corrected chi connectivity index (χ1v) is 11.3. The molecule has 2 N–H and O–H groups in total. The number of nitrogens with zero attached hydrogens (tertiary/aromatic N) is 1. The Kier molecular flexibility index (Phi) is 6.46. The lowest BCUT2D eigenvalue weighted by Gasteiger charge is -2.24. The zero-order valence-electron chi connectivity index (χ0n) is 15.1. The van der Waals surface area contributed by atoms with Crippen molar-refractivity contribution in [3.63, 3.8) is 0 Å². The van der Waals surface area contributed by atoms with E-state index < -0.39 is 10.0 Å². The maximum atomic E-state index is 12.6. The van der Waals surface area contributed by atoms with Crippen molar-refractivity contribution in [3.05, 3.63) is 47.8 Å². The molecule has 146 valence electrons. The molecule has 0 saturated carbocycles.